The third kappa shape index (κ3) is 10.3. The maximum Gasteiger partial charge on any atom is 0.140 e. The first-order chi connectivity index (χ1) is 21.9. The molecule has 3 rings (SSSR count). The van der Waals surface area contributed by atoms with E-state index in [1.54, 1.807) is 0 Å². The predicted octanol–water partition coefficient (Wildman–Crippen LogP) is 11.2. The van der Waals surface area contributed by atoms with Crippen LogP contribution in [0.3, 0.4) is 0 Å². The van der Waals surface area contributed by atoms with Crippen molar-refractivity contribution < 1.29 is 19.1 Å². The number of carbonyl (C=O) groups is 2. The number of carbonyl (C=O) groups excluding carboxylic acids is 2. The van der Waals surface area contributed by atoms with Crippen molar-refractivity contribution in [2.24, 2.45) is 46.8 Å². The molecule has 0 spiro atoms. The maximum atomic E-state index is 14.8. The summed E-state index contributed by atoms with van der Waals surface area (Å²) in [5, 5.41) is 0. The van der Waals surface area contributed by atoms with Crippen LogP contribution in [0.1, 0.15) is 126 Å². The molecule has 264 valence electrons. The number of rotatable bonds is 22. The van der Waals surface area contributed by atoms with Gasteiger partial charge in [-0.25, -0.2) is 0 Å². The molecule has 7 atom stereocenters. The van der Waals surface area contributed by atoms with Crippen molar-refractivity contribution in [3.05, 3.63) is 67.2 Å². The van der Waals surface area contributed by atoms with E-state index in [0.29, 0.717) is 43.7 Å². The van der Waals surface area contributed by atoms with E-state index >= 15 is 0 Å². The topological polar surface area (TPSA) is 52.6 Å². The van der Waals surface area contributed by atoms with E-state index in [1.165, 1.54) is 6.42 Å². The van der Waals surface area contributed by atoms with Gasteiger partial charge in [0.2, 0.25) is 0 Å². The Morgan fingerprint density at radius 3 is 2.34 bits per heavy atom. The summed E-state index contributed by atoms with van der Waals surface area (Å²) < 4.78 is 12.3. The normalized spacial score (nSPS) is 24.8. The van der Waals surface area contributed by atoms with Gasteiger partial charge in [0, 0.05) is 37.2 Å². The first-order valence-corrected chi connectivity index (χ1v) is 18.3. The number of hydrogen-bond acceptors (Lipinski definition) is 4. The van der Waals surface area contributed by atoms with Crippen LogP contribution in [-0.4, -0.2) is 30.9 Å². The highest BCUT2D eigenvalue weighted by Gasteiger charge is 2.69. The van der Waals surface area contributed by atoms with Gasteiger partial charge in [-0.1, -0.05) is 93.2 Å². The van der Waals surface area contributed by atoms with E-state index in [0.717, 1.165) is 80.9 Å². The van der Waals surface area contributed by atoms with E-state index in [4.69, 9.17) is 9.47 Å². The fourth-order valence-corrected chi connectivity index (χ4v) is 8.73. The van der Waals surface area contributed by atoms with Gasteiger partial charge in [0.1, 0.15) is 17.7 Å². The molecule has 3 aliphatic carbocycles. The Morgan fingerprint density at radius 2 is 1.74 bits per heavy atom. The lowest BCUT2D eigenvalue weighted by Gasteiger charge is -2.35. The minimum atomic E-state index is -0.219. The van der Waals surface area contributed by atoms with Crippen LogP contribution in [0.4, 0.5) is 0 Å². The number of ether oxygens (including phenoxy) is 2. The van der Waals surface area contributed by atoms with Gasteiger partial charge in [0.05, 0.1) is 12.4 Å². The molecule has 4 heteroatoms. The van der Waals surface area contributed by atoms with Crippen molar-refractivity contribution in [1.29, 1.82) is 0 Å². The molecule has 0 radical (unpaired) electrons. The molecule has 0 amide bonds. The lowest BCUT2D eigenvalue weighted by atomic mass is 9.69. The van der Waals surface area contributed by atoms with Crippen molar-refractivity contribution >= 4 is 11.6 Å². The summed E-state index contributed by atoms with van der Waals surface area (Å²) in [6.07, 6.45) is 13.7. The molecule has 0 aromatic heterocycles. The second-order valence-corrected chi connectivity index (χ2v) is 15.1. The van der Waals surface area contributed by atoms with E-state index in [-0.39, 0.29) is 60.1 Å². The molecule has 0 aromatic carbocycles. The highest BCUT2D eigenvalue weighted by atomic mass is 16.5. The smallest absolute Gasteiger partial charge is 0.140 e. The molecule has 0 N–H and O–H groups in total. The molecule has 47 heavy (non-hydrogen) atoms. The summed E-state index contributed by atoms with van der Waals surface area (Å²) in [4.78, 5) is 29.1. The van der Waals surface area contributed by atoms with Gasteiger partial charge in [-0.15, -0.1) is 12.3 Å². The zero-order valence-corrected chi connectivity index (χ0v) is 30.0. The number of unbranched alkanes of at least 4 members (excludes halogenated alkanes) is 1. The van der Waals surface area contributed by atoms with Crippen LogP contribution < -0.4 is 0 Å². The lowest BCUT2D eigenvalue weighted by molar-refractivity contribution is -0.137. The van der Waals surface area contributed by atoms with Crippen molar-refractivity contribution in [2.75, 3.05) is 13.2 Å². The van der Waals surface area contributed by atoms with Crippen molar-refractivity contribution in [3.8, 4) is 0 Å². The SMILES string of the molecule is C.C=C=C(C)C(=C)C(CC)OC(=C)CC(C(=O)C1CC2C(C1C(=O)CC(CCC)C(=C)COCCCC=C)C2(C)C)C1CCCCC1. The monoisotopic (exact) mass is 649 g/mol. The molecule has 7 unspecified atom stereocenters. The molecule has 0 saturated heterocycles. The van der Waals surface area contributed by atoms with Crippen molar-refractivity contribution in [1.82, 2.24) is 0 Å². The van der Waals surface area contributed by atoms with Gasteiger partial charge >= 0.3 is 0 Å². The number of Topliss-reactive ketones (excluding diaryl/α,β-unsaturated/α-hetero) is 2. The molecule has 0 heterocycles. The summed E-state index contributed by atoms with van der Waals surface area (Å²) in [6, 6.07) is 0. The van der Waals surface area contributed by atoms with Crippen molar-refractivity contribution in [3.63, 3.8) is 0 Å². The van der Waals surface area contributed by atoms with Gasteiger partial charge in [-0.05, 0) is 97.7 Å². The highest BCUT2D eigenvalue weighted by Crippen LogP contribution is 2.71. The predicted molar refractivity (Wildman–Crippen MR) is 198 cm³/mol. The molecule has 0 bridgehead atoms. The molecule has 3 aliphatic rings. The summed E-state index contributed by atoms with van der Waals surface area (Å²) in [6.45, 7) is 32.4. The second kappa shape index (κ2) is 18.9. The van der Waals surface area contributed by atoms with Crippen LogP contribution in [0.15, 0.2) is 67.2 Å². The van der Waals surface area contributed by atoms with Crippen LogP contribution in [0, 0.1) is 46.8 Å². The molecule has 3 saturated carbocycles. The quantitative estimate of drug-likeness (QED) is 0.0385. The van der Waals surface area contributed by atoms with Gasteiger partial charge in [0.15, 0.2) is 0 Å². The summed E-state index contributed by atoms with van der Waals surface area (Å²) >= 11 is 0. The average molecular weight is 649 g/mol. The Kier molecular flexibility index (Phi) is 16.4. The van der Waals surface area contributed by atoms with E-state index in [2.05, 4.69) is 66.3 Å². The number of allylic oxidation sites excluding steroid dienone is 2. The summed E-state index contributed by atoms with van der Waals surface area (Å²) in [5.74, 6) is 1.71. The third-order valence-electron chi connectivity index (χ3n) is 11.7. The zero-order valence-electron chi connectivity index (χ0n) is 30.0. The standard InChI is InChI=1S/C42H64O4.CH4/c1-11-15-19-23-45-27-29(6)33(20-12-2)25-37(43)39-35(26-36-40(39)42(36,9)10)41(44)34(32-21-17-16-18-22-32)24-30(7)46-38(14-4)31(8)28(5)13-3;/h11,32-36,38-40H,1,3,6-8,12,14-27H2,2,4-5,9-10H3;1H4. The average Bonchev–Trinajstić information content (AvgIpc) is 3.35. The lowest BCUT2D eigenvalue weighted by Crippen LogP contribution is -2.38. The highest BCUT2D eigenvalue weighted by molar-refractivity contribution is 5.93. The minimum Gasteiger partial charge on any atom is -0.491 e. The van der Waals surface area contributed by atoms with E-state index < -0.39 is 0 Å². The Balaban J connectivity index is 0.00000768. The molecule has 4 nitrogen and oxygen atoms in total. The van der Waals surface area contributed by atoms with Crippen molar-refractivity contribution in [2.45, 2.75) is 132 Å². The Morgan fingerprint density at radius 1 is 1.06 bits per heavy atom. The van der Waals surface area contributed by atoms with Crippen LogP contribution in [0.25, 0.3) is 0 Å². The van der Waals surface area contributed by atoms with Gasteiger partial charge in [-0.2, -0.15) is 0 Å². The Hall–Kier alpha value is -2.42. The van der Waals surface area contributed by atoms with Crippen LogP contribution >= 0.6 is 0 Å². The zero-order chi connectivity index (χ0) is 34.0. The summed E-state index contributed by atoms with van der Waals surface area (Å²) in [7, 11) is 0. The Bertz CT molecular complexity index is 1160. The first-order valence-electron chi connectivity index (χ1n) is 18.3. The molecule has 0 aromatic rings. The van der Waals surface area contributed by atoms with Gasteiger partial charge < -0.3 is 9.47 Å². The van der Waals surface area contributed by atoms with Crippen LogP contribution in [0.2, 0.25) is 0 Å². The maximum absolute atomic E-state index is 14.8. The number of ketones is 2. The molecular weight excluding hydrogens is 580 g/mol. The first kappa shape index (κ1) is 40.8. The fourth-order valence-electron chi connectivity index (χ4n) is 8.73. The van der Waals surface area contributed by atoms with Gasteiger partial charge in [-0.3, -0.25) is 9.59 Å². The Labute approximate surface area is 288 Å². The van der Waals surface area contributed by atoms with E-state index in [1.807, 2.05) is 13.0 Å². The molecular formula is C43H68O4. The van der Waals surface area contributed by atoms with Crippen LogP contribution in [-0.2, 0) is 19.1 Å². The largest absolute Gasteiger partial charge is 0.491 e. The third-order valence-corrected chi connectivity index (χ3v) is 11.7. The molecule has 0 aliphatic heterocycles. The minimum absolute atomic E-state index is 0. The van der Waals surface area contributed by atoms with E-state index in [9.17, 15) is 9.59 Å². The van der Waals surface area contributed by atoms with Gasteiger partial charge in [0.25, 0.3) is 0 Å². The fraction of sp³-hybridized carbons (Fsp3) is 0.698. The summed E-state index contributed by atoms with van der Waals surface area (Å²) in [5.41, 5.74) is 5.79. The second-order valence-electron chi connectivity index (χ2n) is 15.1. The molecule has 3 fully saturated rings. The van der Waals surface area contributed by atoms with Crippen LogP contribution in [0.5, 0.6) is 0 Å². The number of hydrogen-bond donors (Lipinski definition) is 0. The number of fused-ring (bicyclic) bond motifs is 1.